The van der Waals surface area contributed by atoms with Crippen LogP contribution in [0.15, 0.2) is 4.99 Å². The van der Waals surface area contributed by atoms with Crippen LogP contribution in [0.2, 0.25) is 0 Å². The van der Waals surface area contributed by atoms with Crippen LogP contribution in [0.25, 0.3) is 0 Å². The molecule has 9 heteroatoms. The van der Waals surface area contributed by atoms with E-state index in [0.29, 0.717) is 19.6 Å². The lowest BCUT2D eigenvalue weighted by Gasteiger charge is -2.39. The van der Waals surface area contributed by atoms with E-state index >= 15 is 0 Å². The zero-order valence-electron chi connectivity index (χ0n) is 14.5. The predicted molar refractivity (Wildman–Crippen MR) is 90.0 cm³/mol. The predicted octanol–water partition coefficient (Wildman–Crippen LogP) is 0.0980. The fourth-order valence-corrected chi connectivity index (χ4v) is 3.85. The van der Waals surface area contributed by atoms with Gasteiger partial charge in [-0.05, 0) is 27.7 Å². The molecule has 0 aromatic carbocycles. The number of aromatic nitrogens is 3. The van der Waals surface area contributed by atoms with E-state index < -0.39 is 14.6 Å². The number of hydrogen-bond donors (Lipinski definition) is 1. The van der Waals surface area contributed by atoms with Gasteiger partial charge in [-0.15, -0.1) is 10.2 Å². The number of nitrogens with zero attached hydrogens (tertiary/aromatic N) is 5. The van der Waals surface area contributed by atoms with E-state index in [4.69, 9.17) is 0 Å². The van der Waals surface area contributed by atoms with Crippen molar-refractivity contribution in [1.29, 1.82) is 0 Å². The largest absolute Gasteiger partial charge is 0.357 e. The Labute approximate surface area is 137 Å². The second-order valence-corrected chi connectivity index (χ2v) is 9.14. The first kappa shape index (κ1) is 17.7. The quantitative estimate of drug-likeness (QED) is 0.619. The Balaban J connectivity index is 2.18. The lowest BCUT2D eigenvalue weighted by atomic mass is 10.2. The SMILES string of the molecule is CCNC(=NCc1nnc(C)n1C)N1CCS(=O)(=O)C(C)(C)C1. The summed E-state index contributed by atoms with van der Waals surface area (Å²) in [5.41, 5.74) is 0. The maximum Gasteiger partial charge on any atom is 0.194 e. The maximum atomic E-state index is 12.1. The van der Waals surface area contributed by atoms with Crippen LogP contribution in [0.3, 0.4) is 0 Å². The van der Waals surface area contributed by atoms with E-state index in [1.165, 1.54) is 0 Å². The van der Waals surface area contributed by atoms with E-state index in [1.54, 1.807) is 13.8 Å². The average Bonchev–Trinajstić information content (AvgIpc) is 2.78. The number of sulfone groups is 1. The second-order valence-electron chi connectivity index (χ2n) is 6.39. The van der Waals surface area contributed by atoms with Crippen molar-refractivity contribution >= 4 is 15.8 Å². The van der Waals surface area contributed by atoms with Crippen LogP contribution < -0.4 is 5.32 Å². The van der Waals surface area contributed by atoms with Gasteiger partial charge in [0.25, 0.3) is 0 Å². The summed E-state index contributed by atoms with van der Waals surface area (Å²) in [6.45, 7) is 9.43. The van der Waals surface area contributed by atoms with Gasteiger partial charge < -0.3 is 14.8 Å². The van der Waals surface area contributed by atoms with E-state index in [-0.39, 0.29) is 5.75 Å². The number of aliphatic imine (C=N–C) groups is 1. The first-order valence-electron chi connectivity index (χ1n) is 7.78. The zero-order chi connectivity index (χ0) is 17.3. The molecule has 2 rings (SSSR count). The van der Waals surface area contributed by atoms with Gasteiger partial charge in [0.2, 0.25) is 0 Å². The Morgan fingerprint density at radius 3 is 2.61 bits per heavy atom. The summed E-state index contributed by atoms with van der Waals surface area (Å²) in [5.74, 6) is 2.48. The van der Waals surface area contributed by atoms with Crippen molar-refractivity contribution in [3.63, 3.8) is 0 Å². The Kier molecular flexibility index (Phi) is 4.98. The number of guanidine groups is 1. The van der Waals surface area contributed by atoms with Crippen molar-refractivity contribution in [2.45, 2.75) is 39.0 Å². The van der Waals surface area contributed by atoms with E-state index in [2.05, 4.69) is 20.5 Å². The Bertz CT molecular complexity index is 692. The van der Waals surface area contributed by atoms with Gasteiger partial charge in [-0.2, -0.15) is 0 Å². The van der Waals surface area contributed by atoms with Crippen molar-refractivity contribution in [3.05, 3.63) is 11.6 Å². The topological polar surface area (TPSA) is 92.5 Å². The molecule has 1 N–H and O–H groups in total. The first-order chi connectivity index (χ1) is 10.7. The highest BCUT2D eigenvalue weighted by molar-refractivity contribution is 7.92. The zero-order valence-corrected chi connectivity index (χ0v) is 15.3. The second kappa shape index (κ2) is 6.46. The van der Waals surface area contributed by atoms with Gasteiger partial charge in [0.05, 0.1) is 10.5 Å². The lowest BCUT2D eigenvalue weighted by molar-refractivity contribution is 0.353. The minimum atomic E-state index is -3.06. The molecule has 1 saturated heterocycles. The van der Waals surface area contributed by atoms with Gasteiger partial charge in [0.1, 0.15) is 12.4 Å². The molecule has 0 amide bonds. The lowest BCUT2D eigenvalue weighted by Crippen LogP contribution is -2.57. The van der Waals surface area contributed by atoms with Gasteiger partial charge in [0, 0.05) is 26.7 Å². The molecule has 0 saturated carbocycles. The van der Waals surface area contributed by atoms with Crippen LogP contribution in [-0.4, -0.2) is 64.2 Å². The van der Waals surface area contributed by atoms with Gasteiger partial charge in [-0.3, -0.25) is 0 Å². The molecule has 0 bridgehead atoms. The molecule has 0 atom stereocenters. The minimum Gasteiger partial charge on any atom is -0.357 e. The van der Waals surface area contributed by atoms with Crippen LogP contribution in [0.1, 0.15) is 32.4 Å². The van der Waals surface area contributed by atoms with Crippen LogP contribution in [0.5, 0.6) is 0 Å². The van der Waals surface area contributed by atoms with Gasteiger partial charge in [-0.25, -0.2) is 13.4 Å². The summed E-state index contributed by atoms with van der Waals surface area (Å²) >= 11 is 0. The van der Waals surface area contributed by atoms with Crippen molar-refractivity contribution in [2.75, 3.05) is 25.4 Å². The number of nitrogens with one attached hydrogen (secondary N) is 1. The highest BCUT2D eigenvalue weighted by Crippen LogP contribution is 2.23. The summed E-state index contributed by atoms with van der Waals surface area (Å²) in [4.78, 5) is 6.62. The third-order valence-corrected chi connectivity index (χ3v) is 6.76. The molecule has 0 radical (unpaired) electrons. The van der Waals surface area contributed by atoms with Crippen LogP contribution >= 0.6 is 0 Å². The number of rotatable bonds is 3. The molecule has 1 aliphatic rings. The first-order valence-corrected chi connectivity index (χ1v) is 9.43. The maximum absolute atomic E-state index is 12.1. The molecule has 0 spiro atoms. The van der Waals surface area contributed by atoms with Crippen molar-refractivity contribution in [3.8, 4) is 0 Å². The highest BCUT2D eigenvalue weighted by atomic mass is 32.2. The van der Waals surface area contributed by atoms with Crippen molar-refractivity contribution in [2.24, 2.45) is 12.0 Å². The third-order valence-electron chi connectivity index (χ3n) is 4.23. The average molecular weight is 342 g/mol. The normalized spacial score (nSPS) is 20.6. The summed E-state index contributed by atoms with van der Waals surface area (Å²) in [5, 5.41) is 11.4. The molecule has 0 unspecified atom stereocenters. The molecule has 1 aromatic heterocycles. The molecular formula is C14H26N6O2S. The molecule has 130 valence electrons. The summed E-state index contributed by atoms with van der Waals surface area (Å²) in [6, 6.07) is 0. The van der Waals surface area contributed by atoms with Crippen LogP contribution in [0.4, 0.5) is 0 Å². The highest BCUT2D eigenvalue weighted by Gasteiger charge is 2.40. The smallest absolute Gasteiger partial charge is 0.194 e. The van der Waals surface area contributed by atoms with Gasteiger partial charge in [-0.1, -0.05) is 0 Å². The molecule has 0 aliphatic carbocycles. The summed E-state index contributed by atoms with van der Waals surface area (Å²) in [7, 11) is -1.16. The molecule has 1 fully saturated rings. The Morgan fingerprint density at radius 2 is 2.09 bits per heavy atom. The molecule has 1 aromatic rings. The standard InChI is InChI=1S/C14H26N6O2S/c1-6-15-13(16-9-12-18-17-11(2)19(12)5)20-7-8-23(21,22)14(3,4)10-20/h6-10H2,1-5H3,(H,15,16). The van der Waals surface area contributed by atoms with Crippen LogP contribution in [0, 0.1) is 6.92 Å². The fourth-order valence-electron chi connectivity index (χ4n) is 2.48. The molecule has 8 nitrogen and oxygen atoms in total. The Hall–Kier alpha value is -1.64. The molecule has 23 heavy (non-hydrogen) atoms. The molecular weight excluding hydrogens is 316 g/mol. The Morgan fingerprint density at radius 1 is 1.39 bits per heavy atom. The van der Waals surface area contributed by atoms with Gasteiger partial charge >= 0.3 is 0 Å². The third kappa shape index (κ3) is 3.65. The van der Waals surface area contributed by atoms with E-state index in [0.717, 1.165) is 24.2 Å². The number of hydrogen-bond acceptors (Lipinski definition) is 5. The number of aryl methyl sites for hydroxylation is 1. The summed E-state index contributed by atoms with van der Waals surface area (Å²) < 4.78 is 25.4. The van der Waals surface area contributed by atoms with Gasteiger partial charge in [0.15, 0.2) is 21.6 Å². The van der Waals surface area contributed by atoms with Crippen molar-refractivity contribution in [1.82, 2.24) is 25.0 Å². The summed E-state index contributed by atoms with van der Waals surface area (Å²) in [6.07, 6.45) is 0. The monoisotopic (exact) mass is 342 g/mol. The van der Waals surface area contributed by atoms with Crippen LogP contribution in [-0.2, 0) is 23.4 Å². The molecule has 1 aliphatic heterocycles. The van der Waals surface area contributed by atoms with E-state index in [9.17, 15) is 8.42 Å². The van der Waals surface area contributed by atoms with E-state index in [1.807, 2.05) is 30.4 Å². The minimum absolute atomic E-state index is 0.146. The van der Waals surface area contributed by atoms with Crippen molar-refractivity contribution < 1.29 is 8.42 Å². The molecule has 2 heterocycles. The fraction of sp³-hybridized carbons (Fsp3) is 0.786.